The summed E-state index contributed by atoms with van der Waals surface area (Å²) in [5, 5.41) is 4.34. The highest BCUT2D eigenvalue weighted by atomic mass is 79.9. The molecular formula is C12H18BrNS. The molecule has 0 amide bonds. The van der Waals surface area contributed by atoms with E-state index in [9.17, 15) is 0 Å². The van der Waals surface area contributed by atoms with E-state index in [1.54, 1.807) is 11.3 Å². The molecule has 15 heavy (non-hydrogen) atoms. The van der Waals surface area contributed by atoms with Crippen LogP contribution in [0.5, 0.6) is 0 Å². The van der Waals surface area contributed by atoms with Crippen molar-refractivity contribution >= 4 is 27.3 Å². The minimum Gasteiger partial charge on any atom is -0.321 e. The van der Waals surface area contributed by atoms with Crippen molar-refractivity contribution < 1.29 is 0 Å². The second-order valence-electron chi connectivity index (χ2n) is 4.83. The molecule has 1 aromatic heterocycles. The standard InChI is InChI=1S/C12H18BrNS/c1-8-4-3-5-12(14,9(8)2)10-6-15-7-11(10)13/h6-9H,3-5,14H2,1-2H3. The summed E-state index contributed by atoms with van der Waals surface area (Å²) in [7, 11) is 0. The van der Waals surface area contributed by atoms with Crippen molar-refractivity contribution in [3.05, 3.63) is 20.8 Å². The maximum atomic E-state index is 6.64. The molecule has 1 nitrogen and oxygen atoms in total. The molecule has 0 radical (unpaired) electrons. The first-order valence-corrected chi connectivity index (χ1v) is 7.30. The highest BCUT2D eigenvalue weighted by Gasteiger charge is 2.40. The summed E-state index contributed by atoms with van der Waals surface area (Å²) in [6, 6.07) is 0. The molecule has 0 aliphatic heterocycles. The van der Waals surface area contributed by atoms with Crippen LogP contribution < -0.4 is 5.73 Å². The Hall–Kier alpha value is 0.140. The summed E-state index contributed by atoms with van der Waals surface area (Å²) in [6.45, 7) is 4.62. The van der Waals surface area contributed by atoms with Crippen LogP contribution >= 0.6 is 27.3 Å². The highest BCUT2D eigenvalue weighted by molar-refractivity contribution is 9.10. The molecule has 1 heterocycles. The topological polar surface area (TPSA) is 26.0 Å². The fourth-order valence-electron chi connectivity index (χ4n) is 2.70. The van der Waals surface area contributed by atoms with Gasteiger partial charge in [0.25, 0.3) is 0 Å². The predicted molar refractivity (Wildman–Crippen MR) is 70.1 cm³/mol. The van der Waals surface area contributed by atoms with Gasteiger partial charge in [0.2, 0.25) is 0 Å². The van der Waals surface area contributed by atoms with E-state index in [-0.39, 0.29) is 5.54 Å². The summed E-state index contributed by atoms with van der Waals surface area (Å²) in [6.07, 6.45) is 3.69. The average Bonchev–Trinajstić information content (AvgIpc) is 2.61. The van der Waals surface area contributed by atoms with Gasteiger partial charge in [-0.1, -0.05) is 26.7 Å². The molecular weight excluding hydrogens is 270 g/mol. The normalized spacial score (nSPS) is 36.8. The van der Waals surface area contributed by atoms with Gasteiger partial charge in [-0.15, -0.1) is 0 Å². The van der Waals surface area contributed by atoms with E-state index in [2.05, 4.69) is 40.5 Å². The molecule has 0 spiro atoms. The van der Waals surface area contributed by atoms with E-state index in [1.807, 2.05) is 0 Å². The lowest BCUT2D eigenvalue weighted by Gasteiger charge is -2.43. The van der Waals surface area contributed by atoms with Crippen molar-refractivity contribution in [3.63, 3.8) is 0 Å². The van der Waals surface area contributed by atoms with Crippen molar-refractivity contribution in [1.82, 2.24) is 0 Å². The second-order valence-corrected chi connectivity index (χ2v) is 6.43. The number of hydrogen-bond acceptors (Lipinski definition) is 2. The van der Waals surface area contributed by atoms with Crippen LogP contribution in [0.1, 0.15) is 38.7 Å². The Morgan fingerprint density at radius 3 is 2.80 bits per heavy atom. The largest absolute Gasteiger partial charge is 0.321 e. The quantitative estimate of drug-likeness (QED) is 0.826. The molecule has 3 atom stereocenters. The van der Waals surface area contributed by atoms with Crippen LogP contribution in [0.15, 0.2) is 15.2 Å². The number of nitrogens with two attached hydrogens (primary N) is 1. The van der Waals surface area contributed by atoms with Gasteiger partial charge in [-0.3, -0.25) is 0 Å². The number of hydrogen-bond donors (Lipinski definition) is 1. The summed E-state index contributed by atoms with van der Waals surface area (Å²) in [5.74, 6) is 1.30. The molecule has 1 aliphatic rings. The zero-order valence-electron chi connectivity index (χ0n) is 9.29. The van der Waals surface area contributed by atoms with Gasteiger partial charge in [0.05, 0.1) is 0 Å². The molecule has 1 aromatic rings. The molecule has 2 rings (SSSR count). The van der Waals surface area contributed by atoms with Crippen molar-refractivity contribution in [2.24, 2.45) is 17.6 Å². The molecule has 1 saturated carbocycles. The maximum Gasteiger partial charge on any atom is 0.0457 e. The second kappa shape index (κ2) is 4.19. The molecule has 2 N–H and O–H groups in total. The van der Waals surface area contributed by atoms with Crippen LogP contribution in [0.3, 0.4) is 0 Å². The Kier molecular flexibility index (Phi) is 3.25. The summed E-state index contributed by atoms with van der Waals surface area (Å²) in [5.41, 5.74) is 7.83. The third-order valence-corrected chi connectivity index (χ3v) is 5.73. The number of rotatable bonds is 1. The predicted octanol–water partition coefficient (Wildman–Crippen LogP) is 4.12. The summed E-state index contributed by atoms with van der Waals surface area (Å²) >= 11 is 5.35. The lowest BCUT2D eigenvalue weighted by atomic mass is 9.66. The van der Waals surface area contributed by atoms with Gasteiger partial charge in [-0.2, -0.15) is 11.3 Å². The van der Waals surface area contributed by atoms with Crippen molar-refractivity contribution in [1.29, 1.82) is 0 Å². The van der Waals surface area contributed by atoms with Gasteiger partial charge >= 0.3 is 0 Å². The minimum absolute atomic E-state index is 0.115. The van der Waals surface area contributed by atoms with Gasteiger partial charge in [0.1, 0.15) is 0 Å². The zero-order valence-corrected chi connectivity index (χ0v) is 11.7. The smallest absolute Gasteiger partial charge is 0.0457 e. The molecule has 84 valence electrons. The highest BCUT2D eigenvalue weighted by Crippen LogP contribution is 2.45. The minimum atomic E-state index is -0.115. The van der Waals surface area contributed by atoms with E-state index in [4.69, 9.17) is 5.73 Å². The van der Waals surface area contributed by atoms with E-state index in [1.165, 1.54) is 22.9 Å². The number of thiophene rings is 1. The Balaban J connectivity index is 2.36. The molecule has 3 unspecified atom stereocenters. The van der Waals surface area contributed by atoms with Gasteiger partial charge in [-0.25, -0.2) is 0 Å². The fraction of sp³-hybridized carbons (Fsp3) is 0.667. The van der Waals surface area contributed by atoms with Crippen LogP contribution in [0.2, 0.25) is 0 Å². The molecule has 0 bridgehead atoms. The van der Waals surface area contributed by atoms with Crippen LogP contribution in [0, 0.1) is 11.8 Å². The maximum absolute atomic E-state index is 6.64. The van der Waals surface area contributed by atoms with Gasteiger partial charge < -0.3 is 5.73 Å². The van der Waals surface area contributed by atoms with Gasteiger partial charge in [0.15, 0.2) is 0 Å². The Morgan fingerprint density at radius 1 is 1.47 bits per heavy atom. The van der Waals surface area contributed by atoms with Crippen LogP contribution in [0.25, 0.3) is 0 Å². The first kappa shape index (κ1) is 11.6. The van der Waals surface area contributed by atoms with E-state index in [0.29, 0.717) is 5.92 Å². The summed E-state index contributed by atoms with van der Waals surface area (Å²) < 4.78 is 1.19. The van der Waals surface area contributed by atoms with Crippen LogP contribution in [-0.2, 0) is 5.54 Å². The van der Waals surface area contributed by atoms with E-state index in [0.717, 1.165) is 12.3 Å². The molecule has 0 saturated heterocycles. The Bertz CT molecular complexity index is 349. The summed E-state index contributed by atoms with van der Waals surface area (Å²) in [4.78, 5) is 0. The van der Waals surface area contributed by atoms with Crippen molar-refractivity contribution in [2.75, 3.05) is 0 Å². The average molecular weight is 288 g/mol. The zero-order chi connectivity index (χ0) is 11.1. The lowest BCUT2D eigenvalue weighted by molar-refractivity contribution is 0.143. The Labute approximate surface area is 104 Å². The van der Waals surface area contributed by atoms with Crippen LogP contribution in [0.4, 0.5) is 0 Å². The first-order valence-electron chi connectivity index (χ1n) is 5.56. The van der Waals surface area contributed by atoms with Gasteiger partial charge in [-0.05, 0) is 45.1 Å². The lowest BCUT2D eigenvalue weighted by Crippen LogP contribution is -2.48. The molecule has 1 fully saturated rings. The van der Waals surface area contributed by atoms with Crippen LogP contribution in [-0.4, -0.2) is 0 Å². The van der Waals surface area contributed by atoms with Crippen molar-refractivity contribution in [3.8, 4) is 0 Å². The Morgan fingerprint density at radius 2 is 2.20 bits per heavy atom. The molecule has 3 heteroatoms. The SMILES string of the molecule is CC1CCCC(N)(c2cscc2Br)C1C. The fourth-order valence-corrected chi connectivity index (χ4v) is 4.45. The first-order chi connectivity index (χ1) is 7.05. The third-order valence-electron chi connectivity index (χ3n) is 4.03. The van der Waals surface area contributed by atoms with Gasteiger partial charge in [0, 0.05) is 15.4 Å². The van der Waals surface area contributed by atoms with Crippen molar-refractivity contribution in [2.45, 2.75) is 38.6 Å². The monoisotopic (exact) mass is 287 g/mol. The number of halogens is 1. The van der Waals surface area contributed by atoms with E-state index >= 15 is 0 Å². The van der Waals surface area contributed by atoms with E-state index < -0.39 is 0 Å². The molecule has 0 aromatic carbocycles. The molecule has 1 aliphatic carbocycles. The third kappa shape index (κ3) is 1.90.